The van der Waals surface area contributed by atoms with E-state index in [-0.39, 0.29) is 0 Å². The molecule has 0 spiro atoms. The molecule has 1 aromatic carbocycles. The van der Waals surface area contributed by atoms with Crippen LogP contribution in [-0.4, -0.2) is 38.7 Å². The zero-order valence-corrected chi connectivity index (χ0v) is 15.3. The Morgan fingerprint density at radius 3 is 2.90 bits per heavy atom. The molecule has 1 unspecified atom stereocenters. The average molecular weight is 406 g/mol. The lowest BCUT2D eigenvalue weighted by Gasteiger charge is -2.29. The van der Waals surface area contributed by atoms with Crippen molar-refractivity contribution in [2.24, 2.45) is 5.92 Å². The Labute approximate surface area is 138 Å². The minimum Gasteiger partial charge on any atom is -0.495 e. The van der Waals surface area contributed by atoms with Gasteiger partial charge < -0.3 is 15.0 Å². The summed E-state index contributed by atoms with van der Waals surface area (Å²) in [5.74, 6) is 1.68. The van der Waals surface area contributed by atoms with Gasteiger partial charge in [-0.3, -0.25) is 0 Å². The minimum absolute atomic E-state index is 0.760. The number of nitrogens with zero attached hydrogens (tertiary/aromatic N) is 1. The molecule has 3 nitrogen and oxygen atoms in total. The fourth-order valence-electron chi connectivity index (χ4n) is 2.82. The molecular formula is C15H22Br2N2O. The first-order chi connectivity index (χ1) is 9.60. The van der Waals surface area contributed by atoms with Crippen molar-refractivity contribution in [3.05, 3.63) is 26.6 Å². The van der Waals surface area contributed by atoms with E-state index in [0.29, 0.717) is 0 Å². The first kappa shape index (κ1) is 16.3. The summed E-state index contributed by atoms with van der Waals surface area (Å²) in [6.07, 6.45) is 2.64. The average Bonchev–Trinajstić information content (AvgIpc) is 2.38. The molecule has 0 aliphatic carbocycles. The van der Waals surface area contributed by atoms with E-state index in [1.807, 2.05) is 6.07 Å². The van der Waals surface area contributed by atoms with Crippen LogP contribution in [0.1, 0.15) is 18.4 Å². The second kappa shape index (κ2) is 7.78. The molecule has 1 aliphatic rings. The standard InChI is InChI=1S/C15H22Br2N2O/c1-19-5-3-4-11(10-19)8-18-9-12-6-13(16)7-14(17)15(12)20-2/h6-7,11,18H,3-5,8-10H2,1-2H3. The normalized spacial score (nSPS) is 20.1. The Kier molecular flexibility index (Phi) is 6.33. The molecule has 20 heavy (non-hydrogen) atoms. The maximum Gasteiger partial charge on any atom is 0.137 e. The van der Waals surface area contributed by atoms with Gasteiger partial charge in [-0.05, 0) is 67.0 Å². The fraction of sp³-hybridized carbons (Fsp3) is 0.600. The molecular weight excluding hydrogens is 384 g/mol. The maximum atomic E-state index is 5.47. The van der Waals surface area contributed by atoms with Crippen LogP contribution in [0.4, 0.5) is 0 Å². The third-order valence-electron chi connectivity index (χ3n) is 3.76. The highest BCUT2D eigenvalue weighted by atomic mass is 79.9. The molecule has 1 N–H and O–H groups in total. The molecule has 1 saturated heterocycles. The molecule has 0 amide bonds. The summed E-state index contributed by atoms with van der Waals surface area (Å²) in [6.45, 7) is 4.34. The predicted molar refractivity (Wildman–Crippen MR) is 90.3 cm³/mol. The third kappa shape index (κ3) is 4.45. The van der Waals surface area contributed by atoms with Crippen LogP contribution in [0.3, 0.4) is 0 Å². The first-order valence-electron chi connectivity index (χ1n) is 7.01. The lowest BCUT2D eigenvalue weighted by atomic mass is 9.98. The van der Waals surface area contributed by atoms with Gasteiger partial charge in [0.1, 0.15) is 5.75 Å². The van der Waals surface area contributed by atoms with Crippen molar-refractivity contribution in [1.29, 1.82) is 0 Å². The predicted octanol–water partition coefficient (Wildman–Crippen LogP) is 3.65. The quantitative estimate of drug-likeness (QED) is 0.808. The second-order valence-electron chi connectivity index (χ2n) is 5.48. The number of benzene rings is 1. The number of nitrogens with one attached hydrogen (secondary N) is 1. The van der Waals surface area contributed by atoms with Crippen molar-refractivity contribution in [1.82, 2.24) is 10.2 Å². The highest BCUT2D eigenvalue weighted by molar-refractivity contribution is 9.11. The number of hydrogen-bond acceptors (Lipinski definition) is 3. The van der Waals surface area contributed by atoms with Gasteiger partial charge in [0.2, 0.25) is 0 Å². The van der Waals surface area contributed by atoms with E-state index in [2.05, 4.69) is 55.2 Å². The Hall–Kier alpha value is -0.100. The van der Waals surface area contributed by atoms with E-state index in [0.717, 1.165) is 33.7 Å². The van der Waals surface area contributed by atoms with Crippen molar-refractivity contribution in [2.45, 2.75) is 19.4 Å². The number of halogens is 2. The number of ether oxygens (including phenoxy) is 1. The monoisotopic (exact) mass is 404 g/mol. The number of rotatable bonds is 5. The van der Waals surface area contributed by atoms with E-state index >= 15 is 0 Å². The zero-order valence-electron chi connectivity index (χ0n) is 12.1. The lowest BCUT2D eigenvalue weighted by molar-refractivity contribution is 0.206. The van der Waals surface area contributed by atoms with E-state index in [9.17, 15) is 0 Å². The molecule has 5 heteroatoms. The van der Waals surface area contributed by atoms with Gasteiger partial charge >= 0.3 is 0 Å². The SMILES string of the molecule is COc1c(Br)cc(Br)cc1CNCC1CCCN(C)C1. The summed E-state index contributed by atoms with van der Waals surface area (Å²) in [6, 6.07) is 4.13. The van der Waals surface area contributed by atoms with Gasteiger partial charge in [-0.2, -0.15) is 0 Å². The molecule has 1 aromatic rings. The zero-order chi connectivity index (χ0) is 14.5. The Morgan fingerprint density at radius 1 is 1.40 bits per heavy atom. The molecule has 1 heterocycles. The summed E-state index contributed by atoms with van der Waals surface area (Å²) in [5, 5.41) is 3.57. The van der Waals surface area contributed by atoms with Crippen molar-refractivity contribution < 1.29 is 4.74 Å². The van der Waals surface area contributed by atoms with Gasteiger partial charge in [0, 0.05) is 23.1 Å². The summed E-state index contributed by atoms with van der Waals surface area (Å²) in [4.78, 5) is 2.42. The van der Waals surface area contributed by atoms with E-state index in [1.165, 1.54) is 31.5 Å². The summed E-state index contributed by atoms with van der Waals surface area (Å²) < 4.78 is 7.53. The van der Waals surface area contributed by atoms with Crippen LogP contribution in [0.2, 0.25) is 0 Å². The first-order valence-corrected chi connectivity index (χ1v) is 8.60. The molecule has 1 fully saturated rings. The van der Waals surface area contributed by atoms with E-state index in [1.54, 1.807) is 7.11 Å². The Balaban J connectivity index is 1.90. The largest absolute Gasteiger partial charge is 0.495 e. The van der Waals surface area contributed by atoms with Crippen LogP contribution < -0.4 is 10.1 Å². The van der Waals surface area contributed by atoms with Gasteiger partial charge in [-0.15, -0.1) is 0 Å². The molecule has 0 bridgehead atoms. The van der Waals surface area contributed by atoms with Crippen molar-refractivity contribution >= 4 is 31.9 Å². The fourth-order valence-corrected chi connectivity index (χ4v) is 4.30. The van der Waals surface area contributed by atoms with Gasteiger partial charge in [-0.1, -0.05) is 15.9 Å². The molecule has 0 radical (unpaired) electrons. The maximum absolute atomic E-state index is 5.47. The van der Waals surface area contributed by atoms with Crippen LogP contribution in [0.5, 0.6) is 5.75 Å². The lowest BCUT2D eigenvalue weighted by Crippen LogP contribution is -2.37. The van der Waals surface area contributed by atoms with Gasteiger partial charge in [-0.25, -0.2) is 0 Å². The Morgan fingerprint density at radius 2 is 2.20 bits per heavy atom. The van der Waals surface area contributed by atoms with E-state index < -0.39 is 0 Å². The minimum atomic E-state index is 0.760. The van der Waals surface area contributed by atoms with Crippen LogP contribution >= 0.6 is 31.9 Å². The molecule has 1 atom stereocenters. The van der Waals surface area contributed by atoms with Crippen molar-refractivity contribution in [3.8, 4) is 5.75 Å². The molecule has 2 rings (SSSR count). The van der Waals surface area contributed by atoms with Crippen LogP contribution in [0.15, 0.2) is 21.1 Å². The number of piperidine rings is 1. The molecule has 0 saturated carbocycles. The molecule has 1 aliphatic heterocycles. The highest BCUT2D eigenvalue weighted by Gasteiger charge is 2.17. The number of methoxy groups -OCH3 is 1. The summed E-state index contributed by atoms with van der Waals surface area (Å²) in [7, 11) is 3.92. The topological polar surface area (TPSA) is 24.5 Å². The summed E-state index contributed by atoms with van der Waals surface area (Å²) >= 11 is 7.08. The van der Waals surface area contributed by atoms with Crippen LogP contribution in [0, 0.1) is 5.92 Å². The van der Waals surface area contributed by atoms with E-state index in [4.69, 9.17) is 4.74 Å². The van der Waals surface area contributed by atoms with Crippen molar-refractivity contribution in [3.63, 3.8) is 0 Å². The van der Waals surface area contributed by atoms with Crippen molar-refractivity contribution in [2.75, 3.05) is 33.8 Å². The third-order valence-corrected chi connectivity index (χ3v) is 4.81. The van der Waals surface area contributed by atoms with Gasteiger partial charge in [0.05, 0.1) is 11.6 Å². The van der Waals surface area contributed by atoms with Crippen LogP contribution in [-0.2, 0) is 6.54 Å². The van der Waals surface area contributed by atoms with Gasteiger partial charge in [0.15, 0.2) is 0 Å². The number of likely N-dealkylation sites (tertiary alicyclic amines) is 1. The Bertz CT molecular complexity index is 454. The van der Waals surface area contributed by atoms with Gasteiger partial charge in [0.25, 0.3) is 0 Å². The smallest absolute Gasteiger partial charge is 0.137 e. The highest BCUT2D eigenvalue weighted by Crippen LogP contribution is 2.32. The van der Waals surface area contributed by atoms with Crippen LogP contribution in [0.25, 0.3) is 0 Å². The summed E-state index contributed by atoms with van der Waals surface area (Å²) in [5.41, 5.74) is 1.18. The second-order valence-corrected chi connectivity index (χ2v) is 7.25. The molecule has 0 aromatic heterocycles. The number of hydrogen-bond donors (Lipinski definition) is 1. The molecule has 112 valence electrons.